The van der Waals surface area contributed by atoms with E-state index in [1.165, 1.54) is 7.05 Å². The number of aromatic nitrogens is 2. The van der Waals surface area contributed by atoms with E-state index in [2.05, 4.69) is 15.9 Å². The predicted octanol–water partition coefficient (Wildman–Crippen LogP) is 3.66. The minimum atomic E-state index is -0.635. The van der Waals surface area contributed by atoms with Crippen molar-refractivity contribution in [1.29, 1.82) is 0 Å². The number of aryl methyl sites for hydroxylation is 2. The summed E-state index contributed by atoms with van der Waals surface area (Å²) < 4.78 is 1.95. The Balaban J connectivity index is 0.00000289. The molecule has 2 aromatic carbocycles. The first kappa shape index (κ1) is 23.0. The summed E-state index contributed by atoms with van der Waals surface area (Å²) in [7, 11) is 3.19. The number of urea groups is 1. The molecule has 0 spiro atoms. The van der Waals surface area contributed by atoms with E-state index in [9.17, 15) is 14.5 Å². The molecule has 0 aliphatic rings. The smallest absolute Gasteiger partial charge is 0.340 e. The van der Waals surface area contributed by atoms with Gasteiger partial charge in [-0.3, -0.25) is 4.79 Å². The van der Waals surface area contributed by atoms with Gasteiger partial charge < -0.3 is 15.2 Å². The highest BCUT2D eigenvalue weighted by Crippen LogP contribution is 2.36. The first-order valence-corrected chi connectivity index (χ1v) is 9.82. The molecular weight excluding hydrogens is 432 g/mol. The van der Waals surface area contributed by atoms with Crippen molar-refractivity contribution in [2.45, 2.75) is 6.92 Å². The molecule has 0 unspecified atom stereocenters. The molecule has 166 valence electrons. The lowest BCUT2D eigenvalue weighted by atomic mass is 9.95. The number of nitroso groups, excluding NO2 is 1. The van der Waals surface area contributed by atoms with Crippen LogP contribution in [0.1, 0.15) is 15.9 Å². The van der Waals surface area contributed by atoms with E-state index in [4.69, 9.17) is 4.98 Å². The Bertz CT molecular complexity index is 1350. The maximum absolute atomic E-state index is 13.2. The van der Waals surface area contributed by atoms with Gasteiger partial charge in [0, 0.05) is 55.7 Å². The van der Waals surface area contributed by atoms with Gasteiger partial charge in [0.15, 0.2) is 0 Å². The van der Waals surface area contributed by atoms with Crippen molar-refractivity contribution in [3.63, 3.8) is 0 Å². The van der Waals surface area contributed by atoms with Crippen LogP contribution in [0.15, 0.2) is 48.0 Å². The van der Waals surface area contributed by atoms with Crippen molar-refractivity contribution in [2.75, 3.05) is 20.1 Å². The van der Waals surface area contributed by atoms with E-state index in [0.717, 1.165) is 32.6 Å². The van der Waals surface area contributed by atoms with Crippen molar-refractivity contribution < 1.29 is 9.59 Å². The zero-order valence-corrected chi connectivity index (χ0v) is 18.7. The molecule has 0 fully saturated rings. The Morgan fingerprint density at radius 3 is 2.56 bits per heavy atom. The molecule has 4 aromatic rings. The third-order valence-corrected chi connectivity index (χ3v) is 5.36. The van der Waals surface area contributed by atoms with E-state index in [1.807, 2.05) is 61.3 Å². The number of carbonyl (C=O) groups excluding carboxylic acids is 2. The average molecular weight is 455 g/mol. The molecular formula is C22H23ClN6O3. The number of hydrogen-bond donors (Lipinski definition) is 2. The van der Waals surface area contributed by atoms with Crippen LogP contribution >= 0.6 is 12.4 Å². The van der Waals surface area contributed by atoms with Gasteiger partial charge in [-0.25, -0.2) is 9.78 Å². The zero-order chi connectivity index (χ0) is 22.1. The number of pyridine rings is 1. The third-order valence-electron chi connectivity index (χ3n) is 5.36. The molecule has 9 nitrogen and oxygen atoms in total. The van der Waals surface area contributed by atoms with Crippen molar-refractivity contribution in [2.24, 2.45) is 12.3 Å². The number of para-hydroxylation sites is 1. The Kier molecular flexibility index (Phi) is 6.59. The van der Waals surface area contributed by atoms with Gasteiger partial charge in [-0.15, -0.1) is 17.3 Å². The summed E-state index contributed by atoms with van der Waals surface area (Å²) in [6, 6.07) is 9.13. The fourth-order valence-corrected chi connectivity index (χ4v) is 3.84. The van der Waals surface area contributed by atoms with Crippen molar-refractivity contribution in [1.82, 2.24) is 25.2 Å². The SMILES string of the molecule is Cc1c2cn(C)ccc2c(C(=O)NCCNC(=O)N(C)N=O)c2nc3ccccc3c12.Cl. The van der Waals surface area contributed by atoms with E-state index in [-0.39, 0.29) is 31.4 Å². The summed E-state index contributed by atoms with van der Waals surface area (Å²) in [6.45, 7) is 2.39. The van der Waals surface area contributed by atoms with E-state index in [1.54, 1.807) is 0 Å². The maximum atomic E-state index is 13.2. The average Bonchev–Trinajstić information content (AvgIpc) is 3.15. The Labute approximate surface area is 190 Å². The second-order valence-electron chi connectivity index (χ2n) is 7.38. The molecule has 4 rings (SSSR count). The lowest BCUT2D eigenvalue weighted by Gasteiger charge is -2.14. The van der Waals surface area contributed by atoms with Crippen LogP contribution in [0.5, 0.6) is 0 Å². The second-order valence-corrected chi connectivity index (χ2v) is 7.38. The number of carbonyl (C=O) groups is 2. The minimum absolute atomic E-state index is 0. The lowest BCUT2D eigenvalue weighted by molar-refractivity contribution is 0.0956. The summed E-state index contributed by atoms with van der Waals surface area (Å²) in [4.78, 5) is 40.0. The largest absolute Gasteiger partial charge is 0.357 e. The summed E-state index contributed by atoms with van der Waals surface area (Å²) in [5.74, 6) is -0.275. The standard InChI is InChI=1S/C22H22N6O3.ClH/c1-13-16-12-27(2)11-8-14(16)19(20-18(13)15-6-4-5-7-17(15)25-20)21(29)23-9-10-24-22(30)28(3)26-31;/h4-8,11-12H,9-10H2,1-3H3,(H,23,29)(H,24,30);1H. The van der Waals surface area contributed by atoms with Gasteiger partial charge in [0.05, 0.1) is 21.9 Å². The fraction of sp³-hybridized carbons (Fsp3) is 0.227. The van der Waals surface area contributed by atoms with Crippen LogP contribution in [0.2, 0.25) is 0 Å². The van der Waals surface area contributed by atoms with Gasteiger partial charge in [-0.05, 0) is 30.0 Å². The highest BCUT2D eigenvalue weighted by Gasteiger charge is 2.21. The number of nitrogens with zero attached hydrogens (tertiary/aromatic N) is 4. The number of nitrogens with one attached hydrogen (secondary N) is 2. The van der Waals surface area contributed by atoms with Gasteiger partial charge in [0.25, 0.3) is 5.91 Å². The van der Waals surface area contributed by atoms with Gasteiger partial charge in [0.2, 0.25) is 0 Å². The molecule has 0 atom stereocenters. The zero-order valence-electron chi connectivity index (χ0n) is 17.9. The molecule has 2 N–H and O–H groups in total. The quantitative estimate of drug-likeness (QED) is 0.272. The fourth-order valence-electron chi connectivity index (χ4n) is 3.84. The molecule has 0 saturated heterocycles. The maximum Gasteiger partial charge on any atom is 0.340 e. The Morgan fingerprint density at radius 1 is 1.09 bits per heavy atom. The van der Waals surface area contributed by atoms with Crippen molar-refractivity contribution in [3.05, 3.63) is 58.8 Å². The number of rotatable bonds is 5. The molecule has 0 saturated carbocycles. The van der Waals surface area contributed by atoms with Crippen LogP contribution in [0.4, 0.5) is 4.79 Å². The highest BCUT2D eigenvalue weighted by atomic mass is 35.5. The van der Waals surface area contributed by atoms with Gasteiger partial charge in [0.1, 0.15) is 0 Å². The molecule has 2 aromatic heterocycles. The van der Waals surface area contributed by atoms with E-state index < -0.39 is 6.03 Å². The molecule has 32 heavy (non-hydrogen) atoms. The molecule has 0 aliphatic heterocycles. The third kappa shape index (κ3) is 3.94. The number of fused-ring (bicyclic) bond motifs is 4. The Morgan fingerprint density at radius 2 is 1.81 bits per heavy atom. The van der Waals surface area contributed by atoms with E-state index >= 15 is 0 Å². The highest BCUT2D eigenvalue weighted by molar-refractivity contribution is 6.24. The van der Waals surface area contributed by atoms with Crippen molar-refractivity contribution >= 4 is 56.9 Å². The van der Waals surface area contributed by atoms with Crippen molar-refractivity contribution in [3.8, 4) is 0 Å². The van der Waals surface area contributed by atoms with Crippen LogP contribution in [-0.2, 0) is 7.05 Å². The number of halogens is 1. The topological polar surface area (TPSA) is 109 Å². The van der Waals surface area contributed by atoms with Gasteiger partial charge >= 0.3 is 6.03 Å². The molecule has 10 heteroatoms. The second kappa shape index (κ2) is 9.19. The first-order chi connectivity index (χ1) is 14.9. The summed E-state index contributed by atoms with van der Waals surface area (Å²) >= 11 is 0. The van der Waals surface area contributed by atoms with Gasteiger partial charge in [-0.1, -0.05) is 18.2 Å². The minimum Gasteiger partial charge on any atom is -0.357 e. The van der Waals surface area contributed by atoms with Crippen LogP contribution in [0.3, 0.4) is 0 Å². The molecule has 2 heterocycles. The van der Waals surface area contributed by atoms with Crippen LogP contribution < -0.4 is 10.6 Å². The molecule has 0 bridgehead atoms. The summed E-state index contributed by atoms with van der Waals surface area (Å²) in [5, 5.41) is 12.3. The van der Waals surface area contributed by atoms with Crippen LogP contribution in [-0.4, -0.2) is 46.6 Å². The monoisotopic (exact) mass is 454 g/mol. The number of benzene rings is 2. The number of hydrogen-bond acceptors (Lipinski definition) is 5. The summed E-state index contributed by atoms with van der Waals surface area (Å²) in [5.41, 5.74) is 3.07. The normalized spacial score (nSPS) is 10.7. The number of amides is 3. The van der Waals surface area contributed by atoms with Crippen LogP contribution in [0.25, 0.3) is 32.6 Å². The van der Waals surface area contributed by atoms with Crippen LogP contribution in [0, 0.1) is 11.8 Å². The Hall–Kier alpha value is -3.72. The first-order valence-electron chi connectivity index (χ1n) is 9.82. The predicted molar refractivity (Wildman–Crippen MR) is 127 cm³/mol. The molecule has 0 aliphatic carbocycles. The van der Waals surface area contributed by atoms with E-state index in [0.29, 0.717) is 16.1 Å². The lowest BCUT2D eigenvalue weighted by Crippen LogP contribution is -2.39. The summed E-state index contributed by atoms with van der Waals surface area (Å²) in [6.07, 6.45) is 3.90. The van der Waals surface area contributed by atoms with Gasteiger partial charge in [-0.2, -0.15) is 5.01 Å². The molecule has 3 amide bonds. The molecule has 0 radical (unpaired) electrons.